The second-order valence-corrected chi connectivity index (χ2v) is 8.05. The van der Waals surface area contributed by atoms with Crippen LogP contribution in [0.5, 0.6) is 17.2 Å². The maximum Gasteiger partial charge on any atom is 0.231 e. The van der Waals surface area contributed by atoms with Crippen molar-refractivity contribution in [3.8, 4) is 23.3 Å². The van der Waals surface area contributed by atoms with E-state index in [1.165, 1.54) is 30.9 Å². The molecule has 2 aromatic rings. The lowest BCUT2D eigenvalue weighted by molar-refractivity contribution is -0.149. The van der Waals surface area contributed by atoms with Crippen LogP contribution in [0.2, 0.25) is 0 Å². The normalized spacial score (nSPS) is 23.2. The zero-order valence-corrected chi connectivity index (χ0v) is 17.3. The van der Waals surface area contributed by atoms with Crippen LogP contribution in [-0.4, -0.2) is 41.0 Å². The van der Waals surface area contributed by atoms with E-state index in [9.17, 15) is 20.3 Å². The molecule has 2 heterocycles. The van der Waals surface area contributed by atoms with Crippen LogP contribution in [0.1, 0.15) is 23.5 Å². The molecule has 1 saturated heterocycles. The first kappa shape index (κ1) is 20.1. The van der Waals surface area contributed by atoms with E-state index in [4.69, 9.17) is 9.47 Å². The lowest BCUT2D eigenvalue weighted by atomic mass is 9.85. The van der Waals surface area contributed by atoms with Gasteiger partial charge >= 0.3 is 0 Å². The number of aliphatic hydroxyl groups is 1. The number of rotatable bonds is 4. The lowest BCUT2D eigenvalue weighted by Crippen LogP contribution is -2.48. The number of methoxy groups -OCH3 is 2. The van der Waals surface area contributed by atoms with E-state index >= 15 is 0 Å². The molecule has 0 unspecified atom stereocenters. The van der Waals surface area contributed by atoms with E-state index in [-0.39, 0.29) is 23.8 Å². The summed E-state index contributed by atoms with van der Waals surface area (Å²) in [6, 6.07) is 13.8. The summed E-state index contributed by atoms with van der Waals surface area (Å²) in [4.78, 5) is 14.5. The van der Waals surface area contributed by atoms with E-state index in [0.717, 1.165) is 0 Å². The van der Waals surface area contributed by atoms with Crippen molar-refractivity contribution in [2.45, 2.75) is 18.1 Å². The number of phenols is 1. The summed E-state index contributed by atoms with van der Waals surface area (Å²) in [5.41, 5.74) is -0.0392. The summed E-state index contributed by atoms with van der Waals surface area (Å²) in [5.74, 6) is 0.444. The van der Waals surface area contributed by atoms with Crippen molar-refractivity contribution in [2.75, 3.05) is 20.0 Å². The molecule has 2 aromatic carbocycles. The number of hydrogen-bond acceptors (Lipinski definition) is 7. The third kappa shape index (κ3) is 3.07. The number of thioether (sulfide) groups is 1. The number of aromatic hydroxyl groups is 1. The zero-order valence-electron chi connectivity index (χ0n) is 16.5. The van der Waals surface area contributed by atoms with Gasteiger partial charge in [0.15, 0.2) is 17.2 Å². The summed E-state index contributed by atoms with van der Waals surface area (Å²) in [7, 11) is 3.02. The van der Waals surface area contributed by atoms with Crippen LogP contribution >= 0.6 is 11.8 Å². The molecule has 0 radical (unpaired) electrons. The highest BCUT2D eigenvalue weighted by Crippen LogP contribution is 2.52. The number of nitrogens with zero attached hydrogens (tertiary/aromatic N) is 2. The van der Waals surface area contributed by atoms with Gasteiger partial charge in [-0.05, 0) is 29.8 Å². The molecule has 2 atom stereocenters. The third-order valence-electron chi connectivity index (χ3n) is 5.43. The van der Waals surface area contributed by atoms with Crippen molar-refractivity contribution in [1.29, 1.82) is 5.26 Å². The van der Waals surface area contributed by atoms with Crippen molar-refractivity contribution in [3.63, 3.8) is 0 Å². The molecule has 1 fully saturated rings. The predicted molar refractivity (Wildman–Crippen MR) is 111 cm³/mol. The number of nitriles is 1. The van der Waals surface area contributed by atoms with Crippen LogP contribution in [0.25, 0.3) is 0 Å². The first-order valence-corrected chi connectivity index (χ1v) is 10.3. The minimum atomic E-state index is -1.61. The topological polar surface area (TPSA) is 103 Å². The Bertz CT molecular complexity index is 1090. The van der Waals surface area contributed by atoms with Gasteiger partial charge in [-0.25, -0.2) is 0 Å². The van der Waals surface area contributed by atoms with Gasteiger partial charge in [0.1, 0.15) is 5.75 Å². The second kappa shape index (κ2) is 7.59. The van der Waals surface area contributed by atoms with Crippen molar-refractivity contribution >= 4 is 17.7 Å². The van der Waals surface area contributed by atoms with Gasteiger partial charge in [0, 0.05) is 17.9 Å². The third-order valence-corrected chi connectivity index (χ3v) is 6.65. The molecule has 2 aliphatic rings. The SMILES string of the molecule is COc1ccc([C@]2(O)CSC3=C(C#N)[C@H](c4cccc(O)c4)CC(=O)N32)cc1OC. The fraction of sp³-hybridized carbons (Fsp3) is 0.273. The Morgan fingerprint density at radius 1 is 1.20 bits per heavy atom. The molecule has 0 saturated carbocycles. The largest absolute Gasteiger partial charge is 0.508 e. The van der Waals surface area contributed by atoms with Gasteiger partial charge in [0.05, 0.1) is 36.6 Å². The summed E-state index contributed by atoms with van der Waals surface area (Å²) in [6.07, 6.45) is 0.0198. The molecule has 0 aromatic heterocycles. The molecular weight excluding hydrogens is 404 g/mol. The van der Waals surface area contributed by atoms with E-state index in [2.05, 4.69) is 6.07 Å². The minimum absolute atomic E-state index is 0.0198. The highest BCUT2D eigenvalue weighted by molar-refractivity contribution is 8.03. The summed E-state index contributed by atoms with van der Waals surface area (Å²) >= 11 is 1.27. The smallest absolute Gasteiger partial charge is 0.231 e. The van der Waals surface area contributed by atoms with E-state index < -0.39 is 11.6 Å². The summed E-state index contributed by atoms with van der Waals surface area (Å²) < 4.78 is 10.6. The van der Waals surface area contributed by atoms with Gasteiger partial charge in [-0.1, -0.05) is 18.2 Å². The van der Waals surface area contributed by atoms with Crippen LogP contribution in [0.4, 0.5) is 0 Å². The molecule has 2 aliphatic heterocycles. The van der Waals surface area contributed by atoms with E-state index in [1.54, 1.807) is 42.5 Å². The van der Waals surface area contributed by atoms with Crippen LogP contribution in [0.15, 0.2) is 53.1 Å². The first-order valence-electron chi connectivity index (χ1n) is 9.27. The van der Waals surface area contributed by atoms with Gasteiger partial charge in [-0.15, -0.1) is 11.8 Å². The molecule has 8 heteroatoms. The van der Waals surface area contributed by atoms with Gasteiger partial charge in [0.2, 0.25) is 5.91 Å². The molecule has 0 bridgehead atoms. The number of hydrogen-bond donors (Lipinski definition) is 2. The van der Waals surface area contributed by atoms with Gasteiger partial charge in [-0.3, -0.25) is 9.69 Å². The number of amides is 1. The lowest BCUT2D eigenvalue weighted by Gasteiger charge is -2.38. The molecule has 4 rings (SSSR count). The standard InChI is InChI=1S/C22H20N2O5S/c1-28-18-7-6-14(9-19(18)29-2)22(27)12-30-21-17(11-23)16(10-20(26)24(21)22)13-4-3-5-15(25)8-13/h3-9,16,25,27H,10,12H2,1-2H3/t16-,22+/m0/s1. The number of benzene rings is 2. The fourth-order valence-electron chi connectivity index (χ4n) is 3.95. The van der Waals surface area contributed by atoms with Gasteiger partial charge in [-0.2, -0.15) is 5.26 Å². The molecular formula is C22H20N2O5S. The summed E-state index contributed by atoms with van der Waals surface area (Å²) in [6.45, 7) is 0. The van der Waals surface area contributed by atoms with Crippen molar-refractivity contribution < 1.29 is 24.5 Å². The monoisotopic (exact) mass is 424 g/mol. The zero-order chi connectivity index (χ0) is 21.5. The van der Waals surface area contributed by atoms with Crippen molar-refractivity contribution in [2.24, 2.45) is 0 Å². The number of phenolic OH excluding ortho intramolecular Hbond substituents is 1. The van der Waals surface area contributed by atoms with Gasteiger partial charge < -0.3 is 19.7 Å². The molecule has 0 spiro atoms. The average molecular weight is 424 g/mol. The Morgan fingerprint density at radius 3 is 2.63 bits per heavy atom. The molecule has 2 N–H and O–H groups in total. The Hall–Kier alpha value is -3.15. The molecule has 1 amide bonds. The predicted octanol–water partition coefficient (Wildman–Crippen LogP) is 3.05. The Morgan fingerprint density at radius 2 is 1.97 bits per heavy atom. The maximum absolute atomic E-state index is 13.2. The number of carbonyl (C=O) groups is 1. The van der Waals surface area contributed by atoms with Gasteiger partial charge in [0.25, 0.3) is 0 Å². The number of allylic oxidation sites excluding steroid dienone is 1. The van der Waals surface area contributed by atoms with Crippen molar-refractivity contribution in [3.05, 3.63) is 64.2 Å². The Kier molecular flexibility index (Phi) is 5.10. The van der Waals surface area contributed by atoms with Crippen LogP contribution in [0.3, 0.4) is 0 Å². The number of carbonyl (C=O) groups excluding carboxylic acids is 1. The molecule has 7 nitrogen and oxygen atoms in total. The highest BCUT2D eigenvalue weighted by Gasteiger charge is 2.52. The first-order chi connectivity index (χ1) is 14.4. The molecule has 154 valence electrons. The second-order valence-electron chi connectivity index (χ2n) is 7.09. The minimum Gasteiger partial charge on any atom is -0.508 e. The van der Waals surface area contributed by atoms with Crippen molar-refractivity contribution in [1.82, 2.24) is 4.90 Å². The van der Waals surface area contributed by atoms with E-state index in [0.29, 0.717) is 33.2 Å². The Balaban J connectivity index is 1.80. The summed E-state index contributed by atoms with van der Waals surface area (Å²) in [5, 5.41) is 31.7. The molecule has 30 heavy (non-hydrogen) atoms. The van der Waals surface area contributed by atoms with E-state index in [1.807, 2.05) is 0 Å². The quantitative estimate of drug-likeness (QED) is 0.778. The Labute approximate surface area is 178 Å². The maximum atomic E-state index is 13.2. The molecule has 0 aliphatic carbocycles. The highest BCUT2D eigenvalue weighted by atomic mass is 32.2. The van der Waals surface area contributed by atoms with Crippen LogP contribution < -0.4 is 9.47 Å². The fourth-order valence-corrected chi connectivity index (χ4v) is 5.31. The average Bonchev–Trinajstić information content (AvgIpc) is 3.12. The van der Waals surface area contributed by atoms with Crippen LogP contribution in [-0.2, 0) is 10.5 Å². The van der Waals surface area contributed by atoms with Crippen LogP contribution in [0, 0.1) is 11.3 Å². The number of ether oxygens (including phenoxy) is 2. The number of fused-ring (bicyclic) bond motifs is 1.